The Morgan fingerprint density at radius 2 is 1.74 bits per heavy atom. The van der Waals surface area contributed by atoms with Crippen molar-refractivity contribution in [1.29, 1.82) is 0 Å². The minimum Gasteiger partial charge on any atom is -0.493 e. The molecule has 3 aliphatic rings. The molecule has 3 aliphatic heterocycles. The molecule has 0 amide bonds. The van der Waals surface area contributed by atoms with E-state index in [1.807, 2.05) is 18.2 Å². The number of rotatable bonds is 5. The number of hydrogen-bond donors (Lipinski definition) is 0. The van der Waals surface area contributed by atoms with Crippen molar-refractivity contribution in [1.82, 2.24) is 13.5 Å². The fraction of sp³-hybridized carbons (Fsp3) is 0.579. The lowest BCUT2D eigenvalue weighted by molar-refractivity contribution is 0.188. The molecule has 1 aromatic carbocycles. The van der Waals surface area contributed by atoms with Crippen LogP contribution in [0.3, 0.4) is 0 Å². The first-order chi connectivity index (χ1) is 13.1. The topological polar surface area (TPSA) is 62.3 Å². The van der Waals surface area contributed by atoms with Crippen molar-refractivity contribution in [3.05, 3.63) is 29.3 Å². The van der Waals surface area contributed by atoms with Gasteiger partial charge in [0.1, 0.15) is 6.61 Å². The maximum atomic E-state index is 12.7. The Kier molecular flexibility index (Phi) is 5.41. The summed E-state index contributed by atoms with van der Waals surface area (Å²) in [6.07, 6.45) is 4.11. The Morgan fingerprint density at radius 3 is 2.44 bits per heavy atom. The van der Waals surface area contributed by atoms with Crippen molar-refractivity contribution in [2.24, 2.45) is 0 Å². The summed E-state index contributed by atoms with van der Waals surface area (Å²) >= 11 is 0. The second-order valence-corrected chi connectivity index (χ2v) is 9.19. The van der Waals surface area contributed by atoms with Gasteiger partial charge < -0.3 is 9.47 Å². The van der Waals surface area contributed by atoms with Crippen molar-refractivity contribution in [2.75, 3.05) is 59.5 Å². The highest BCUT2D eigenvalue weighted by Gasteiger charge is 2.33. The van der Waals surface area contributed by atoms with E-state index in [0.717, 1.165) is 49.5 Å². The predicted octanol–water partition coefficient (Wildman–Crippen LogP) is 1.43. The number of piperazine rings is 1. The Balaban J connectivity index is 1.36. The van der Waals surface area contributed by atoms with Gasteiger partial charge in [-0.15, -0.1) is 0 Å². The highest BCUT2D eigenvalue weighted by atomic mass is 32.2. The zero-order valence-corrected chi connectivity index (χ0v) is 16.6. The predicted molar refractivity (Wildman–Crippen MR) is 104 cm³/mol. The van der Waals surface area contributed by atoms with Crippen molar-refractivity contribution >= 4 is 16.3 Å². The molecule has 1 aromatic rings. The van der Waals surface area contributed by atoms with Gasteiger partial charge in [0.2, 0.25) is 0 Å². The van der Waals surface area contributed by atoms with Gasteiger partial charge in [0.25, 0.3) is 10.2 Å². The van der Waals surface area contributed by atoms with Crippen molar-refractivity contribution in [3.63, 3.8) is 0 Å². The van der Waals surface area contributed by atoms with Crippen molar-refractivity contribution < 1.29 is 17.9 Å². The van der Waals surface area contributed by atoms with E-state index in [1.165, 1.54) is 5.57 Å². The molecule has 0 N–H and O–H groups in total. The summed E-state index contributed by atoms with van der Waals surface area (Å²) in [5.74, 6) is 1.55. The molecule has 2 fully saturated rings. The molecule has 0 bridgehead atoms. The average molecular weight is 394 g/mol. The highest BCUT2D eigenvalue weighted by Crippen LogP contribution is 2.35. The van der Waals surface area contributed by atoms with E-state index in [-0.39, 0.29) is 0 Å². The number of nitrogens with zero attached hydrogens (tertiary/aromatic N) is 3. The average Bonchev–Trinajstić information content (AvgIpc) is 3.23. The minimum atomic E-state index is -3.28. The molecule has 0 saturated carbocycles. The molecule has 8 heteroatoms. The van der Waals surface area contributed by atoms with E-state index < -0.39 is 10.2 Å². The third kappa shape index (κ3) is 3.85. The zero-order valence-electron chi connectivity index (χ0n) is 15.8. The lowest BCUT2D eigenvalue weighted by Crippen LogP contribution is -2.52. The van der Waals surface area contributed by atoms with Gasteiger partial charge in [-0.1, -0.05) is 12.1 Å². The quantitative estimate of drug-likeness (QED) is 0.757. The van der Waals surface area contributed by atoms with E-state index in [4.69, 9.17) is 9.47 Å². The normalized spacial score (nSPS) is 22.2. The summed E-state index contributed by atoms with van der Waals surface area (Å²) in [5, 5.41) is 0. The van der Waals surface area contributed by atoms with Gasteiger partial charge in [-0.25, -0.2) is 0 Å². The van der Waals surface area contributed by atoms with Gasteiger partial charge in [-0.3, -0.25) is 4.90 Å². The SMILES string of the molecule is COc1cccc2c1OCC(CN1CCN(S(=O)(=O)N3CCCC3)CC1)=C2. The second-order valence-electron chi connectivity index (χ2n) is 7.26. The zero-order chi connectivity index (χ0) is 18.9. The van der Waals surface area contributed by atoms with Gasteiger partial charge in [0, 0.05) is 51.4 Å². The van der Waals surface area contributed by atoms with E-state index in [2.05, 4.69) is 11.0 Å². The maximum Gasteiger partial charge on any atom is 0.282 e. The molecule has 0 aliphatic carbocycles. The first-order valence-corrected chi connectivity index (χ1v) is 10.9. The highest BCUT2D eigenvalue weighted by molar-refractivity contribution is 7.86. The summed E-state index contributed by atoms with van der Waals surface area (Å²) in [7, 11) is -1.63. The molecule has 0 aromatic heterocycles. The lowest BCUT2D eigenvalue weighted by atomic mass is 10.1. The molecule has 148 valence electrons. The first kappa shape index (κ1) is 18.7. The fourth-order valence-corrected chi connectivity index (χ4v) is 5.64. The summed E-state index contributed by atoms with van der Waals surface area (Å²) in [6, 6.07) is 5.89. The fourth-order valence-electron chi connectivity index (χ4n) is 3.97. The van der Waals surface area contributed by atoms with Crippen molar-refractivity contribution in [2.45, 2.75) is 12.8 Å². The molecule has 2 saturated heterocycles. The number of hydrogen-bond acceptors (Lipinski definition) is 5. The molecular formula is C19H27N3O4S. The third-order valence-electron chi connectivity index (χ3n) is 5.47. The Labute approximate surface area is 161 Å². The number of methoxy groups -OCH3 is 1. The first-order valence-electron chi connectivity index (χ1n) is 9.55. The number of ether oxygens (including phenoxy) is 2. The van der Waals surface area contributed by atoms with E-state index in [0.29, 0.717) is 32.8 Å². The van der Waals surface area contributed by atoms with Gasteiger partial charge >= 0.3 is 0 Å². The van der Waals surface area contributed by atoms with Crippen LogP contribution in [-0.2, 0) is 10.2 Å². The molecule has 0 unspecified atom stereocenters. The van der Waals surface area contributed by atoms with Gasteiger partial charge in [-0.2, -0.15) is 17.0 Å². The van der Waals surface area contributed by atoms with Crippen LogP contribution in [0.4, 0.5) is 0 Å². The van der Waals surface area contributed by atoms with Crippen molar-refractivity contribution in [3.8, 4) is 11.5 Å². The van der Waals surface area contributed by atoms with Crippen LogP contribution in [-0.4, -0.2) is 81.5 Å². The van der Waals surface area contributed by atoms with Crippen LogP contribution in [0.2, 0.25) is 0 Å². The summed E-state index contributed by atoms with van der Waals surface area (Å²) < 4.78 is 39.9. The molecule has 0 radical (unpaired) electrons. The standard InChI is InChI=1S/C19H27N3O4S/c1-25-18-6-4-5-17-13-16(15-26-19(17)18)14-20-9-11-22(12-10-20)27(23,24)21-7-2-3-8-21/h4-6,13H,2-3,7-12,14-15H2,1H3. The van der Waals surface area contributed by atoms with E-state index in [1.54, 1.807) is 15.7 Å². The molecule has 0 atom stereocenters. The molecular weight excluding hydrogens is 366 g/mol. The van der Waals surface area contributed by atoms with Gasteiger partial charge in [-0.05, 0) is 30.6 Å². The monoisotopic (exact) mass is 393 g/mol. The van der Waals surface area contributed by atoms with E-state index in [9.17, 15) is 8.42 Å². The van der Waals surface area contributed by atoms with Crippen LogP contribution < -0.4 is 9.47 Å². The second kappa shape index (κ2) is 7.79. The minimum absolute atomic E-state index is 0.541. The Morgan fingerprint density at radius 1 is 1.04 bits per heavy atom. The number of fused-ring (bicyclic) bond motifs is 1. The molecule has 27 heavy (non-hydrogen) atoms. The summed E-state index contributed by atoms with van der Waals surface area (Å²) in [5.41, 5.74) is 2.23. The number of para-hydroxylation sites is 1. The Hall–Kier alpha value is -1.61. The van der Waals surface area contributed by atoms with Crippen LogP contribution in [0, 0.1) is 0 Å². The number of benzene rings is 1. The van der Waals surface area contributed by atoms with Crippen LogP contribution in [0.15, 0.2) is 23.8 Å². The van der Waals surface area contributed by atoms with Crippen LogP contribution in [0.5, 0.6) is 11.5 Å². The van der Waals surface area contributed by atoms with Gasteiger partial charge in [0.05, 0.1) is 7.11 Å². The summed E-state index contributed by atoms with van der Waals surface area (Å²) in [4.78, 5) is 2.30. The molecule has 7 nitrogen and oxygen atoms in total. The van der Waals surface area contributed by atoms with Crippen LogP contribution in [0.25, 0.3) is 6.08 Å². The molecule has 3 heterocycles. The van der Waals surface area contributed by atoms with E-state index >= 15 is 0 Å². The molecule has 0 spiro atoms. The van der Waals surface area contributed by atoms with Gasteiger partial charge in [0.15, 0.2) is 11.5 Å². The summed E-state index contributed by atoms with van der Waals surface area (Å²) in [6.45, 7) is 5.26. The maximum absolute atomic E-state index is 12.7. The largest absolute Gasteiger partial charge is 0.493 e. The Bertz CT molecular complexity index is 810. The third-order valence-corrected chi connectivity index (χ3v) is 7.50. The smallest absolute Gasteiger partial charge is 0.282 e. The lowest BCUT2D eigenvalue weighted by Gasteiger charge is -2.36. The van der Waals surface area contributed by atoms with Crippen LogP contribution in [0.1, 0.15) is 18.4 Å². The van der Waals surface area contributed by atoms with Crippen LogP contribution >= 0.6 is 0 Å². The molecule has 4 rings (SSSR count).